The molecule has 18 heavy (non-hydrogen) atoms. The highest BCUT2D eigenvalue weighted by Crippen LogP contribution is 2.38. The number of anilines is 1. The number of fused-ring (bicyclic) bond motifs is 1. The molecule has 0 unspecified atom stereocenters. The van der Waals surface area contributed by atoms with Crippen LogP contribution in [0.15, 0.2) is 18.2 Å². The second kappa shape index (κ2) is 5.01. The quantitative estimate of drug-likeness (QED) is 0.767. The topological polar surface area (TPSA) is 29.5 Å². The van der Waals surface area contributed by atoms with E-state index in [1.54, 1.807) is 0 Å². The minimum absolute atomic E-state index is 0.346. The van der Waals surface area contributed by atoms with Crippen LogP contribution < -0.4 is 9.64 Å². The fourth-order valence-corrected chi connectivity index (χ4v) is 2.98. The lowest BCUT2D eigenvalue weighted by Crippen LogP contribution is -2.19. The molecule has 1 fully saturated rings. The van der Waals surface area contributed by atoms with E-state index in [4.69, 9.17) is 4.74 Å². The van der Waals surface area contributed by atoms with Gasteiger partial charge in [-0.25, -0.2) is 0 Å². The van der Waals surface area contributed by atoms with E-state index in [2.05, 4.69) is 23.1 Å². The molecule has 2 aliphatic rings. The van der Waals surface area contributed by atoms with Gasteiger partial charge in [-0.1, -0.05) is 6.07 Å². The Morgan fingerprint density at radius 2 is 2.17 bits per heavy atom. The summed E-state index contributed by atoms with van der Waals surface area (Å²) in [5, 5.41) is 0. The summed E-state index contributed by atoms with van der Waals surface area (Å²) in [7, 11) is 0. The monoisotopic (exact) mass is 245 g/mol. The van der Waals surface area contributed by atoms with Crippen LogP contribution in [0.25, 0.3) is 0 Å². The van der Waals surface area contributed by atoms with Gasteiger partial charge in [-0.3, -0.25) is 0 Å². The molecule has 1 atom stereocenters. The lowest BCUT2D eigenvalue weighted by molar-refractivity contribution is -0.108. The lowest BCUT2D eigenvalue weighted by Gasteiger charge is -2.27. The molecule has 2 heterocycles. The minimum atomic E-state index is 0.346. The Balaban J connectivity index is 1.87. The summed E-state index contributed by atoms with van der Waals surface area (Å²) in [6, 6.07) is 6.48. The first-order valence-electron chi connectivity index (χ1n) is 6.84. The molecule has 0 bridgehead atoms. The van der Waals surface area contributed by atoms with Gasteiger partial charge in [-0.15, -0.1) is 0 Å². The van der Waals surface area contributed by atoms with Crippen molar-refractivity contribution in [2.75, 3.05) is 24.6 Å². The molecule has 0 amide bonds. The number of rotatable bonds is 3. The Kier molecular flexibility index (Phi) is 3.22. The molecular formula is C15H19NO2. The number of hydrogen-bond acceptors (Lipinski definition) is 3. The normalized spacial score (nSPS) is 22.4. The van der Waals surface area contributed by atoms with Crippen molar-refractivity contribution in [2.45, 2.75) is 31.6 Å². The third-order valence-electron chi connectivity index (χ3n) is 4.01. The second-order valence-corrected chi connectivity index (χ2v) is 5.15. The zero-order chi connectivity index (χ0) is 12.4. The van der Waals surface area contributed by atoms with Crippen LogP contribution in [0.1, 0.15) is 37.2 Å². The molecule has 0 N–H and O–H groups in total. The molecule has 3 rings (SSSR count). The van der Waals surface area contributed by atoms with Crippen molar-refractivity contribution >= 4 is 12.0 Å². The number of ether oxygens (including phenoxy) is 1. The van der Waals surface area contributed by atoms with Crippen molar-refractivity contribution in [3.05, 3.63) is 23.8 Å². The standard InChI is InChI=1S/C15H19NO2/c17-9-5-12-6-10-18-15-11-13(3-4-14(12)15)16-7-1-2-8-16/h3-4,9,11-12H,1-2,5-8,10H2/t12-/m0/s1. The van der Waals surface area contributed by atoms with Gasteiger partial charge in [0.25, 0.3) is 0 Å². The lowest BCUT2D eigenvalue weighted by atomic mass is 9.90. The molecule has 1 aromatic rings. The van der Waals surface area contributed by atoms with Gasteiger partial charge in [-0.2, -0.15) is 0 Å². The summed E-state index contributed by atoms with van der Waals surface area (Å²) in [6.07, 6.45) is 5.15. The van der Waals surface area contributed by atoms with Crippen LogP contribution in [0.2, 0.25) is 0 Å². The summed E-state index contributed by atoms with van der Waals surface area (Å²) in [6.45, 7) is 3.03. The first-order valence-corrected chi connectivity index (χ1v) is 6.84. The number of benzene rings is 1. The first-order chi connectivity index (χ1) is 8.88. The molecule has 96 valence electrons. The second-order valence-electron chi connectivity index (χ2n) is 5.15. The zero-order valence-electron chi connectivity index (χ0n) is 10.6. The molecule has 2 aliphatic heterocycles. The van der Waals surface area contributed by atoms with Gasteiger partial charge in [-0.05, 0) is 36.8 Å². The highest BCUT2D eigenvalue weighted by atomic mass is 16.5. The Bertz CT molecular complexity index is 438. The fraction of sp³-hybridized carbons (Fsp3) is 0.533. The van der Waals surface area contributed by atoms with Crippen molar-refractivity contribution in [1.82, 2.24) is 0 Å². The maximum absolute atomic E-state index is 10.7. The van der Waals surface area contributed by atoms with Gasteiger partial charge in [0.05, 0.1) is 6.61 Å². The van der Waals surface area contributed by atoms with Gasteiger partial charge in [0.2, 0.25) is 0 Å². The fourth-order valence-electron chi connectivity index (χ4n) is 2.98. The van der Waals surface area contributed by atoms with Crippen molar-refractivity contribution in [3.8, 4) is 5.75 Å². The number of aldehydes is 1. The minimum Gasteiger partial charge on any atom is -0.493 e. The molecule has 3 nitrogen and oxygen atoms in total. The van der Waals surface area contributed by atoms with Crippen molar-refractivity contribution in [3.63, 3.8) is 0 Å². The van der Waals surface area contributed by atoms with Crippen LogP contribution in [-0.4, -0.2) is 26.0 Å². The maximum atomic E-state index is 10.7. The van der Waals surface area contributed by atoms with E-state index >= 15 is 0 Å². The molecule has 3 heteroatoms. The van der Waals surface area contributed by atoms with Crippen LogP contribution in [0.3, 0.4) is 0 Å². The molecule has 0 aromatic heterocycles. The SMILES string of the molecule is O=CC[C@H]1CCOc2cc(N3CCCC3)ccc21. The van der Waals surface area contributed by atoms with Gasteiger partial charge >= 0.3 is 0 Å². The molecule has 1 aromatic carbocycles. The summed E-state index contributed by atoms with van der Waals surface area (Å²) in [4.78, 5) is 13.1. The molecule has 1 saturated heterocycles. The predicted molar refractivity (Wildman–Crippen MR) is 71.4 cm³/mol. The van der Waals surface area contributed by atoms with Crippen molar-refractivity contribution < 1.29 is 9.53 Å². The van der Waals surface area contributed by atoms with E-state index in [-0.39, 0.29) is 0 Å². The Hall–Kier alpha value is -1.51. The average Bonchev–Trinajstić information content (AvgIpc) is 2.93. The van der Waals surface area contributed by atoms with Crippen molar-refractivity contribution in [2.24, 2.45) is 0 Å². The summed E-state index contributed by atoms with van der Waals surface area (Å²) >= 11 is 0. The Morgan fingerprint density at radius 3 is 2.94 bits per heavy atom. The Labute approximate surface area is 108 Å². The number of nitrogens with zero attached hydrogens (tertiary/aromatic N) is 1. The van der Waals surface area contributed by atoms with Crippen LogP contribution >= 0.6 is 0 Å². The van der Waals surface area contributed by atoms with Crippen molar-refractivity contribution in [1.29, 1.82) is 0 Å². The summed E-state index contributed by atoms with van der Waals surface area (Å²) < 4.78 is 5.76. The van der Waals surface area contributed by atoms with Gasteiger partial charge in [0, 0.05) is 31.3 Å². The zero-order valence-corrected chi connectivity index (χ0v) is 10.6. The van der Waals surface area contributed by atoms with E-state index in [9.17, 15) is 4.79 Å². The third kappa shape index (κ3) is 2.09. The van der Waals surface area contributed by atoms with Crippen LogP contribution in [-0.2, 0) is 4.79 Å². The highest BCUT2D eigenvalue weighted by Gasteiger charge is 2.22. The largest absolute Gasteiger partial charge is 0.493 e. The van der Waals surface area contributed by atoms with E-state index in [0.717, 1.165) is 38.2 Å². The summed E-state index contributed by atoms with van der Waals surface area (Å²) in [5.74, 6) is 1.33. The van der Waals surface area contributed by atoms with Gasteiger partial charge in [0.1, 0.15) is 12.0 Å². The van der Waals surface area contributed by atoms with Crippen LogP contribution in [0.5, 0.6) is 5.75 Å². The van der Waals surface area contributed by atoms with E-state index < -0.39 is 0 Å². The number of hydrogen-bond donors (Lipinski definition) is 0. The highest BCUT2D eigenvalue weighted by molar-refractivity contribution is 5.58. The number of carbonyl (C=O) groups excluding carboxylic acids is 1. The third-order valence-corrected chi connectivity index (χ3v) is 4.01. The predicted octanol–water partition coefficient (Wildman–Crippen LogP) is 2.74. The van der Waals surface area contributed by atoms with Crippen LogP contribution in [0.4, 0.5) is 5.69 Å². The van der Waals surface area contributed by atoms with E-state index in [0.29, 0.717) is 12.3 Å². The maximum Gasteiger partial charge on any atom is 0.124 e. The van der Waals surface area contributed by atoms with E-state index in [1.807, 2.05) is 0 Å². The summed E-state index contributed by atoms with van der Waals surface area (Å²) in [5.41, 5.74) is 2.47. The Morgan fingerprint density at radius 1 is 1.33 bits per heavy atom. The molecule has 0 radical (unpaired) electrons. The average molecular weight is 245 g/mol. The number of carbonyl (C=O) groups is 1. The smallest absolute Gasteiger partial charge is 0.124 e. The van der Waals surface area contributed by atoms with Crippen LogP contribution in [0, 0.1) is 0 Å². The van der Waals surface area contributed by atoms with Gasteiger partial charge in [0.15, 0.2) is 0 Å². The molecule has 0 aliphatic carbocycles. The first kappa shape index (κ1) is 11.6. The molecule has 0 spiro atoms. The molecular weight excluding hydrogens is 226 g/mol. The molecule has 0 saturated carbocycles. The van der Waals surface area contributed by atoms with E-state index in [1.165, 1.54) is 24.1 Å². The van der Waals surface area contributed by atoms with Gasteiger partial charge < -0.3 is 14.4 Å².